The summed E-state index contributed by atoms with van der Waals surface area (Å²) in [6, 6.07) is 87.7. The molecule has 17 aromatic rings. The topological polar surface area (TPSA) is 9.72 Å². The molecule has 0 aliphatic rings. The van der Waals surface area contributed by atoms with Crippen molar-refractivity contribution in [1.82, 2.24) is 0 Å². The highest BCUT2D eigenvalue weighted by Crippen LogP contribution is 2.46. The largest absolute Gasteiger partial charge is 0.310 e. The van der Waals surface area contributed by atoms with Gasteiger partial charge >= 0.3 is 0 Å². The van der Waals surface area contributed by atoms with Gasteiger partial charge in [0.1, 0.15) is 0 Å². The van der Waals surface area contributed by atoms with Gasteiger partial charge < -0.3 is 14.7 Å². The van der Waals surface area contributed by atoms with Crippen LogP contribution < -0.4 is 14.7 Å². The molecule has 0 saturated heterocycles. The van der Waals surface area contributed by atoms with Crippen LogP contribution in [-0.4, -0.2) is 0 Å². The lowest BCUT2D eigenvalue weighted by Crippen LogP contribution is -2.10. The minimum Gasteiger partial charge on any atom is -0.310 e. The summed E-state index contributed by atoms with van der Waals surface area (Å²) in [5.74, 6) is 0. The maximum absolute atomic E-state index is 8.40. The van der Waals surface area contributed by atoms with E-state index in [1.165, 1.54) is 0 Å². The number of para-hydroxylation sites is 1. The fourth-order valence-corrected chi connectivity index (χ4v) is 13.7. The van der Waals surface area contributed by atoms with E-state index in [9.17, 15) is 0 Å². The number of benzene rings is 17. The molecule has 0 atom stereocenters. The zero-order chi connectivity index (χ0) is 86.4. The van der Waals surface area contributed by atoms with E-state index in [0.717, 1.165) is 108 Å². The Labute approximate surface area is 650 Å². The van der Waals surface area contributed by atoms with Crippen LogP contribution in [0.15, 0.2) is 425 Å². The molecular formula is C96H68Br3N3. The Morgan fingerprint density at radius 3 is 0.618 bits per heavy atom. The number of hydrogen-bond donors (Lipinski definition) is 0. The van der Waals surface area contributed by atoms with Crippen LogP contribution in [-0.2, 0) is 0 Å². The monoisotopic (exact) mass is 1520 g/mol. The number of anilines is 9. The molecule has 0 unspecified atom stereocenters. The standard InChI is InChI=1S/2C34H24BrN.C28H20BrN/c2*35-33-23-24-34(32-14-8-7-13-31(32)33)36(29-19-15-27(16-20-29)25-9-3-1-4-10-25)30-21-17-28(18-22-30)26-11-5-2-6-12-26;29-27-19-20-28(26-14-8-7-13-25(26)27)30(23-11-5-2-6-12-23)24-17-15-22(16-18-24)21-9-3-1-4-10-21/h2*1-24H;1-20H/i1D,2D,3D,4D,5D,6D,9D,10D,11D,12D;2*1D,3D,4D,9D,10D. The molecule has 0 spiro atoms. The summed E-state index contributed by atoms with van der Waals surface area (Å²) in [5.41, 5.74) is 12.9. The molecular weight excluding hydrogens is 1430 g/mol. The minimum absolute atomic E-state index is 0.112. The number of rotatable bonds is 14. The molecule has 17 rings (SSSR count). The summed E-state index contributed by atoms with van der Waals surface area (Å²) < 4.78 is 166. The summed E-state index contributed by atoms with van der Waals surface area (Å²) in [4.78, 5) is 6.34. The van der Waals surface area contributed by atoms with E-state index in [4.69, 9.17) is 27.4 Å². The van der Waals surface area contributed by atoms with Crippen molar-refractivity contribution in [3.63, 3.8) is 0 Å². The van der Waals surface area contributed by atoms with Crippen LogP contribution in [0.2, 0.25) is 0 Å². The molecule has 0 aliphatic carbocycles. The fourth-order valence-electron chi connectivity index (χ4n) is 12.3. The van der Waals surface area contributed by atoms with Crippen molar-refractivity contribution in [3.8, 4) is 55.6 Å². The number of hydrogen-bond acceptors (Lipinski definition) is 3. The maximum atomic E-state index is 8.40. The summed E-state index contributed by atoms with van der Waals surface area (Å²) in [5, 5.41) is 6.27. The zero-order valence-electron chi connectivity index (χ0n) is 74.2. The summed E-state index contributed by atoms with van der Waals surface area (Å²) >= 11 is 11.0. The highest BCUT2D eigenvalue weighted by atomic mass is 79.9. The molecule has 0 aromatic heterocycles. The van der Waals surface area contributed by atoms with Gasteiger partial charge in [0.2, 0.25) is 0 Å². The van der Waals surface area contributed by atoms with Crippen molar-refractivity contribution in [2.75, 3.05) is 14.7 Å². The smallest absolute Gasteiger partial charge is 0.0629 e. The average Bonchev–Trinajstić information content (AvgIpc) is 0.773. The molecule has 0 fully saturated rings. The van der Waals surface area contributed by atoms with Crippen molar-refractivity contribution in [2.45, 2.75) is 0 Å². The second kappa shape index (κ2) is 31.3. The van der Waals surface area contributed by atoms with Gasteiger partial charge in [0.05, 0.1) is 44.5 Å². The van der Waals surface area contributed by atoms with E-state index in [0.29, 0.717) is 22.3 Å². The number of nitrogens with zero attached hydrogens (tertiary/aromatic N) is 3. The summed E-state index contributed by atoms with van der Waals surface area (Å²) in [7, 11) is 0. The highest BCUT2D eigenvalue weighted by Gasteiger charge is 2.21. The molecule has 0 amide bonds. The molecule has 6 heteroatoms. The van der Waals surface area contributed by atoms with E-state index in [1.807, 2.05) is 187 Å². The van der Waals surface area contributed by atoms with Crippen molar-refractivity contribution < 1.29 is 27.4 Å². The first-order valence-electron chi connectivity index (χ1n) is 42.5. The SMILES string of the molecule is [2H]c1c([2H])c([2H])c(-c2ccc(N(c3ccc(-c4c([2H])c([2H])c([2H])c([2H])c4[2H])cc3)c3ccc(Br)c4ccccc34)cc2)c([2H])c1[2H].[2H]c1c([2H])c([2H])c(-c2ccc(N(c3ccc(-c4ccccc4)cc3)c3ccc(Br)c4ccccc34)cc2)c([2H])c1[2H].[2H]c1c([2H])c([2H])c(-c2ccc(N(c3ccccc3)c3ccc(Br)c4ccccc34)cc2)c([2H])c1[2H]. The van der Waals surface area contributed by atoms with Crippen molar-refractivity contribution in [2.24, 2.45) is 0 Å². The molecule has 0 bridgehead atoms. The van der Waals surface area contributed by atoms with Gasteiger partial charge in [-0.15, -0.1) is 0 Å². The van der Waals surface area contributed by atoms with Gasteiger partial charge in [0.15, 0.2) is 0 Å². The predicted octanol–water partition coefficient (Wildman–Crippen LogP) is 29.6. The number of fused-ring (bicyclic) bond motifs is 3. The maximum Gasteiger partial charge on any atom is 0.0629 e. The third kappa shape index (κ3) is 14.7. The quantitative estimate of drug-likeness (QED) is 0.107. The van der Waals surface area contributed by atoms with Crippen LogP contribution in [0.4, 0.5) is 51.2 Å². The van der Waals surface area contributed by atoms with Gasteiger partial charge in [-0.1, -0.05) is 351 Å². The average molecular weight is 1520 g/mol. The fraction of sp³-hybridized carbons (Fsp3) is 0. The Kier molecular flexibility index (Phi) is 14.3. The van der Waals surface area contributed by atoms with Crippen LogP contribution in [0.5, 0.6) is 0 Å². The normalized spacial score (nSPS) is 13.6. The molecule has 488 valence electrons. The zero-order valence-corrected chi connectivity index (χ0v) is 58.9. The van der Waals surface area contributed by atoms with Gasteiger partial charge in [0.25, 0.3) is 0 Å². The molecule has 0 aliphatic heterocycles. The van der Waals surface area contributed by atoms with Crippen LogP contribution in [0, 0.1) is 0 Å². The Balaban J connectivity index is 0.000000143. The Hall–Kier alpha value is -11.6. The van der Waals surface area contributed by atoms with E-state index in [-0.39, 0.29) is 94.8 Å². The van der Waals surface area contributed by atoms with E-state index in [1.54, 1.807) is 36.4 Å². The van der Waals surface area contributed by atoms with Crippen LogP contribution in [0.3, 0.4) is 0 Å². The van der Waals surface area contributed by atoms with Crippen LogP contribution in [0.25, 0.3) is 88.0 Å². The third-order valence-corrected chi connectivity index (χ3v) is 19.2. The first-order valence-corrected chi connectivity index (χ1v) is 34.9. The number of halogens is 3. The first-order chi connectivity index (χ1) is 58.6. The van der Waals surface area contributed by atoms with Gasteiger partial charge in [-0.2, -0.15) is 0 Å². The minimum atomic E-state index is -0.448. The molecule has 0 saturated carbocycles. The summed E-state index contributed by atoms with van der Waals surface area (Å²) in [6.45, 7) is 0. The lowest BCUT2D eigenvalue weighted by molar-refractivity contribution is 1.30. The van der Waals surface area contributed by atoms with Crippen LogP contribution in [0.1, 0.15) is 27.4 Å². The Morgan fingerprint density at radius 1 is 0.167 bits per heavy atom. The molecule has 17 aromatic carbocycles. The lowest BCUT2D eigenvalue weighted by atomic mass is 10.0. The van der Waals surface area contributed by atoms with Gasteiger partial charge in [-0.3, -0.25) is 0 Å². The first kappa shape index (κ1) is 46.7. The van der Waals surface area contributed by atoms with Gasteiger partial charge in [-0.05, 0) is 181 Å². The second-order valence-corrected chi connectivity index (χ2v) is 25.8. The molecule has 0 radical (unpaired) electrons. The Bertz CT molecular complexity index is 6690. The highest BCUT2D eigenvalue weighted by molar-refractivity contribution is 9.11. The molecule has 0 N–H and O–H groups in total. The summed E-state index contributed by atoms with van der Waals surface area (Å²) in [6.07, 6.45) is 0. The third-order valence-electron chi connectivity index (χ3n) is 17.2. The molecule has 3 nitrogen and oxygen atoms in total. The second-order valence-electron chi connectivity index (χ2n) is 23.3. The van der Waals surface area contributed by atoms with Gasteiger partial charge in [-0.25, -0.2) is 0 Å². The van der Waals surface area contributed by atoms with Gasteiger partial charge in [0, 0.05) is 63.7 Å². The predicted molar refractivity (Wildman–Crippen MR) is 446 cm³/mol. The van der Waals surface area contributed by atoms with Crippen LogP contribution >= 0.6 is 47.8 Å². The van der Waals surface area contributed by atoms with E-state index >= 15 is 0 Å². The van der Waals surface area contributed by atoms with Crippen molar-refractivity contribution >= 4 is 131 Å². The Morgan fingerprint density at radius 2 is 0.363 bits per heavy atom. The van der Waals surface area contributed by atoms with E-state index < -0.39 is 48.3 Å². The lowest BCUT2D eigenvalue weighted by Gasteiger charge is -2.27. The van der Waals surface area contributed by atoms with Crippen molar-refractivity contribution in [1.29, 1.82) is 0 Å². The molecule has 0 heterocycles. The van der Waals surface area contributed by atoms with Crippen molar-refractivity contribution in [3.05, 3.63) is 425 Å². The van der Waals surface area contributed by atoms with E-state index in [2.05, 4.69) is 130 Å². The molecule has 102 heavy (non-hydrogen) atoms.